The van der Waals surface area contributed by atoms with Crippen molar-refractivity contribution in [3.63, 3.8) is 0 Å². The lowest BCUT2D eigenvalue weighted by atomic mass is 9.90. The number of β-amino-alcohol motifs (C(OH)–C–C–N with tert-alkyl or cyclic N) is 2. The first kappa shape index (κ1) is 23.1. The molecule has 2 saturated heterocycles. The Kier molecular flexibility index (Phi) is 7.05. The molecule has 2 aliphatic rings. The number of hydrogen-bond donors (Lipinski definition) is 2. The van der Waals surface area contributed by atoms with Gasteiger partial charge >= 0.3 is 0 Å². The summed E-state index contributed by atoms with van der Waals surface area (Å²) in [7, 11) is 0. The van der Waals surface area contributed by atoms with Crippen molar-refractivity contribution in [1.82, 2.24) is 4.90 Å². The van der Waals surface area contributed by atoms with Crippen molar-refractivity contribution in [2.75, 3.05) is 57.4 Å². The fraction of sp³-hybridized carbons (Fsp3) is 0.538. The zero-order chi connectivity index (χ0) is 22.6. The van der Waals surface area contributed by atoms with Gasteiger partial charge < -0.3 is 24.6 Å². The van der Waals surface area contributed by atoms with Crippen LogP contribution >= 0.6 is 0 Å². The van der Waals surface area contributed by atoms with E-state index in [0.717, 1.165) is 24.4 Å². The lowest BCUT2D eigenvalue weighted by Crippen LogP contribution is -2.55. The summed E-state index contributed by atoms with van der Waals surface area (Å²) in [6.45, 7) is 8.35. The molecule has 2 aromatic rings. The van der Waals surface area contributed by atoms with E-state index in [1.165, 1.54) is 11.3 Å². The molecule has 0 spiro atoms. The first-order chi connectivity index (χ1) is 15.3. The second kappa shape index (κ2) is 9.79. The third kappa shape index (κ3) is 6.01. The van der Waals surface area contributed by atoms with Gasteiger partial charge in [-0.15, -0.1) is 0 Å². The number of nitrogens with zero attached hydrogens (tertiary/aromatic N) is 2. The van der Waals surface area contributed by atoms with E-state index in [9.17, 15) is 10.2 Å². The summed E-state index contributed by atoms with van der Waals surface area (Å²) >= 11 is 0. The predicted octanol–water partition coefficient (Wildman–Crippen LogP) is 2.78. The van der Waals surface area contributed by atoms with E-state index < -0.39 is 11.2 Å². The maximum absolute atomic E-state index is 11.3. The monoisotopic (exact) mass is 440 g/mol. The third-order valence-corrected chi connectivity index (χ3v) is 6.52. The molecular formula is C26H36N2O4. The molecule has 4 rings (SSSR count). The Morgan fingerprint density at radius 3 is 2.38 bits per heavy atom. The summed E-state index contributed by atoms with van der Waals surface area (Å²) in [5.74, 6) is 0.747. The van der Waals surface area contributed by atoms with Crippen LogP contribution in [-0.4, -0.2) is 78.9 Å². The second-order valence-corrected chi connectivity index (χ2v) is 9.64. The predicted molar refractivity (Wildman–Crippen MR) is 126 cm³/mol. The summed E-state index contributed by atoms with van der Waals surface area (Å²) in [6, 6.07) is 16.4. The number of aliphatic hydroxyl groups is 2. The lowest BCUT2D eigenvalue weighted by Gasteiger charge is -2.42. The van der Waals surface area contributed by atoms with E-state index in [2.05, 4.69) is 41.0 Å². The van der Waals surface area contributed by atoms with E-state index >= 15 is 0 Å². The summed E-state index contributed by atoms with van der Waals surface area (Å²) in [5, 5.41) is 22.5. The highest BCUT2D eigenvalue weighted by molar-refractivity contribution is 5.48. The van der Waals surface area contributed by atoms with Gasteiger partial charge in [0, 0.05) is 38.4 Å². The molecule has 0 radical (unpaired) electrons. The van der Waals surface area contributed by atoms with Gasteiger partial charge in [-0.25, -0.2) is 0 Å². The van der Waals surface area contributed by atoms with Gasteiger partial charge in [0.15, 0.2) is 0 Å². The summed E-state index contributed by atoms with van der Waals surface area (Å²) in [4.78, 5) is 4.48. The number of piperidine rings is 1. The van der Waals surface area contributed by atoms with Crippen molar-refractivity contribution < 1.29 is 19.7 Å². The van der Waals surface area contributed by atoms with Crippen LogP contribution in [0, 0.1) is 13.8 Å². The largest absolute Gasteiger partial charge is 0.490 e. The van der Waals surface area contributed by atoms with Crippen LogP contribution < -0.4 is 9.64 Å². The molecule has 2 N–H and O–H groups in total. The standard InChI is InChI=1S/C26H36N2O4/c1-21-5-3-7-23(15-21)28-11-9-25(29,10-12-28)17-27-13-14-31-19-26(30,18-27)20-32-24-8-4-6-22(2)16-24/h3-8,15-16,29-30H,9-14,17-20H2,1-2H3/t26-/m0/s1. The number of hydrogen-bond acceptors (Lipinski definition) is 6. The Morgan fingerprint density at radius 2 is 1.66 bits per heavy atom. The fourth-order valence-electron chi connectivity index (χ4n) is 4.72. The van der Waals surface area contributed by atoms with Gasteiger partial charge in [0.2, 0.25) is 0 Å². The van der Waals surface area contributed by atoms with Gasteiger partial charge in [-0.1, -0.05) is 24.3 Å². The Morgan fingerprint density at radius 1 is 0.938 bits per heavy atom. The molecule has 0 aliphatic carbocycles. The van der Waals surface area contributed by atoms with Gasteiger partial charge in [0.05, 0.1) is 18.8 Å². The highest BCUT2D eigenvalue weighted by Gasteiger charge is 2.39. The number of benzene rings is 2. The zero-order valence-corrected chi connectivity index (χ0v) is 19.3. The summed E-state index contributed by atoms with van der Waals surface area (Å²) in [6.07, 6.45) is 1.41. The highest BCUT2D eigenvalue weighted by atomic mass is 16.5. The fourth-order valence-corrected chi connectivity index (χ4v) is 4.72. The van der Waals surface area contributed by atoms with Crippen molar-refractivity contribution in [3.05, 3.63) is 59.7 Å². The van der Waals surface area contributed by atoms with Crippen LogP contribution in [0.15, 0.2) is 48.5 Å². The minimum atomic E-state index is -1.11. The van der Waals surface area contributed by atoms with E-state index in [0.29, 0.717) is 39.1 Å². The second-order valence-electron chi connectivity index (χ2n) is 9.64. The maximum atomic E-state index is 11.3. The Hall–Kier alpha value is -2.12. The van der Waals surface area contributed by atoms with Crippen LogP contribution in [0.1, 0.15) is 24.0 Å². The van der Waals surface area contributed by atoms with Crippen molar-refractivity contribution in [1.29, 1.82) is 0 Å². The van der Waals surface area contributed by atoms with Crippen molar-refractivity contribution in [3.8, 4) is 5.75 Å². The molecule has 174 valence electrons. The van der Waals surface area contributed by atoms with E-state index in [1.54, 1.807) is 0 Å². The van der Waals surface area contributed by atoms with Crippen LogP contribution in [0.2, 0.25) is 0 Å². The van der Waals surface area contributed by atoms with Gasteiger partial charge in [0.25, 0.3) is 0 Å². The molecular weight excluding hydrogens is 404 g/mol. The van der Waals surface area contributed by atoms with Crippen LogP contribution in [0.25, 0.3) is 0 Å². The maximum Gasteiger partial charge on any atom is 0.134 e. The van der Waals surface area contributed by atoms with Crippen LogP contribution in [0.4, 0.5) is 5.69 Å². The van der Waals surface area contributed by atoms with Crippen molar-refractivity contribution in [2.24, 2.45) is 0 Å². The number of rotatable bonds is 6. The van der Waals surface area contributed by atoms with E-state index in [1.807, 2.05) is 31.2 Å². The summed E-state index contributed by atoms with van der Waals surface area (Å²) in [5.41, 5.74) is 1.72. The molecule has 2 heterocycles. The molecule has 0 unspecified atom stereocenters. The van der Waals surface area contributed by atoms with Crippen LogP contribution in [0.5, 0.6) is 5.75 Å². The quantitative estimate of drug-likeness (QED) is 0.720. The van der Waals surface area contributed by atoms with E-state index in [4.69, 9.17) is 9.47 Å². The van der Waals surface area contributed by atoms with Crippen molar-refractivity contribution >= 4 is 5.69 Å². The molecule has 0 amide bonds. The molecule has 2 aliphatic heterocycles. The van der Waals surface area contributed by atoms with Gasteiger partial charge in [-0.05, 0) is 62.1 Å². The summed E-state index contributed by atoms with van der Waals surface area (Å²) < 4.78 is 11.6. The Bertz CT molecular complexity index is 897. The smallest absolute Gasteiger partial charge is 0.134 e. The third-order valence-electron chi connectivity index (χ3n) is 6.52. The first-order valence-electron chi connectivity index (χ1n) is 11.6. The number of anilines is 1. The first-order valence-corrected chi connectivity index (χ1v) is 11.6. The normalized spacial score (nSPS) is 24.2. The molecule has 2 fully saturated rings. The molecule has 6 heteroatoms. The zero-order valence-electron chi connectivity index (χ0n) is 19.3. The minimum Gasteiger partial charge on any atom is -0.490 e. The van der Waals surface area contributed by atoms with Gasteiger partial charge in [0.1, 0.15) is 18.0 Å². The van der Waals surface area contributed by atoms with Crippen LogP contribution in [0.3, 0.4) is 0 Å². The van der Waals surface area contributed by atoms with E-state index in [-0.39, 0.29) is 13.2 Å². The SMILES string of the molecule is Cc1cccc(OC[C@@]2(O)COCCN(CC3(O)CCN(c4cccc(C)c4)CC3)C2)c1. The van der Waals surface area contributed by atoms with Crippen molar-refractivity contribution in [2.45, 2.75) is 37.9 Å². The lowest BCUT2D eigenvalue weighted by molar-refractivity contribution is -0.0742. The number of aryl methyl sites for hydroxylation is 2. The molecule has 6 nitrogen and oxygen atoms in total. The van der Waals surface area contributed by atoms with Gasteiger partial charge in [-0.3, -0.25) is 4.90 Å². The van der Waals surface area contributed by atoms with Crippen LogP contribution in [-0.2, 0) is 4.74 Å². The van der Waals surface area contributed by atoms with Gasteiger partial charge in [-0.2, -0.15) is 0 Å². The molecule has 0 bridgehead atoms. The molecule has 32 heavy (non-hydrogen) atoms. The molecule has 0 saturated carbocycles. The highest BCUT2D eigenvalue weighted by Crippen LogP contribution is 2.28. The molecule has 1 atom stereocenters. The number of ether oxygens (including phenoxy) is 2. The minimum absolute atomic E-state index is 0.159. The molecule has 2 aromatic carbocycles. The Labute approximate surface area is 191 Å². The molecule has 0 aromatic heterocycles. The Balaban J connectivity index is 1.33. The average Bonchev–Trinajstić information content (AvgIpc) is 2.94. The topological polar surface area (TPSA) is 65.4 Å². The average molecular weight is 441 g/mol.